The summed E-state index contributed by atoms with van der Waals surface area (Å²) >= 11 is 0. The van der Waals surface area contributed by atoms with Gasteiger partial charge in [0.1, 0.15) is 5.82 Å². The zero-order valence-electron chi connectivity index (χ0n) is 13.0. The fourth-order valence-corrected chi connectivity index (χ4v) is 3.97. The van der Waals surface area contributed by atoms with Gasteiger partial charge in [-0.15, -0.1) is 0 Å². The first-order chi connectivity index (χ1) is 10.5. The molecule has 2 fully saturated rings. The number of carbonyl (C=O) groups excluding carboxylic acids is 1. The van der Waals surface area contributed by atoms with Gasteiger partial charge in [0.05, 0.1) is 5.41 Å². The number of nitrogens with one attached hydrogen (secondary N) is 1. The van der Waals surface area contributed by atoms with Gasteiger partial charge in [0, 0.05) is 25.0 Å². The Bertz CT molecular complexity index is 535. The van der Waals surface area contributed by atoms with Gasteiger partial charge in [0.25, 0.3) is 0 Å². The van der Waals surface area contributed by atoms with Crippen LogP contribution in [0.1, 0.15) is 31.2 Å². The molecule has 2 atom stereocenters. The highest BCUT2D eigenvalue weighted by Gasteiger charge is 2.51. The van der Waals surface area contributed by atoms with E-state index in [1.54, 1.807) is 0 Å². The molecule has 1 aromatic carbocycles. The van der Waals surface area contributed by atoms with Gasteiger partial charge < -0.3 is 16.0 Å². The van der Waals surface area contributed by atoms with E-state index in [9.17, 15) is 9.18 Å². The molecule has 2 heterocycles. The summed E-state index contributed by atoms with van der Waals surface area (Å²) in [6.07, 6.45) is 1.68. The van der Waals surface area contributed by atoms with Crippen molar-refractivity contribution in [3.63, 3.8) is 0 Å². The van der Waals surface area contributed by atoms with Crippen LogP contribution in [-0.2, 0) is 4.79 Å². The molecular weight excluding hydrogens is 281 g/mol. The predicted octanol–water partition coefficient (Wildman–Crippen LogP) is 1.47. The van der Waals surface area contributed by atoms with Crippen molar-refractivity contribution in [2.24, 2.45) is 11.1 Å². The molecule has 0 saturated carbocycles. The van der Waals surface area contributed by atoms with Crippen LogP contribution < -0.4 is 11.1 Å². The molecule has 0 aromatic heterocycles. The van der Waals surface area contributed by atoms with Gasteiger partial charge in [-0.2, -0.15) is 0 Å². The Hall–Kier alpha value is -1.46. The van der Waals surface area contributed by atoms with Crippen molar-refractivity contribution in [2.45, 2.75) is 31.7 Å². The lowest BCUT2D eigenvalue weighted by atomic mass is 9.68. The summed E-state index contributed by atoms with van der Waals surface area (Å²) in [5, 5.41) is 3.02. The van der Waals surface area contributed by atoms with E-state index >= 15 is 0 Å². The minimum absolute atomic E-state index is 0.137. The number of benzene rings is 1. The number of rotatable bonds is 3. The van der Waals surface area contributed by atoms with Gasteiger partial charge in [-0.3, -0.25) is 4.79 Å². The number of halogens is 1. The van der Waals surface area contributed by atoms with Gasteiger partial charge in [-0.05, 0) is 50.6 Å². The maximum atomic E-state index is 13.2. The highest BCUT2D eigenvalue weighted by atomic mass is 19.1. The first-order valence-electron chi connectivity index (χ1n) is 8.03. The van der Waals surface area contributed by atoms with Crippen molar-refractivity contribution in [2.75, 3.05) is 26.2 Å². The Balaban J connectivity index is 1.78. The highest BCUT2D eigenvalue weighted by molar-refractivity contribution is 5.86. The monoisotopic (exact) mass is 305 g/mol. The van der Waals surface area contributed by atoms with E-state index in [2.05, 4.69) is 10.2 Å². The molecule has 1 amide bonds. The minimum Gasteiger partial charge on any atom is -0.355 e. The molecule has 1 spiro atoms. The van der Waals surface area contributed by atoms with E-state index in [1.807, 2.05) is 19.1 Å². The maximum Gasteiger partial charge on any atom is 0.227 e. The zero-order chi connectivity index (χ0) is 15.7. The SMILES string of the molecule is CC(N)CN1CCC2(CC1)C(=O)NCC2c1ccc(F)cc1. The van der Waals surface area contributed by atoms with Gasteiger partial charge in [-0.25, -0.2) is 4.39 Å². The van der Waals surface area contributed by atoms with E-state index in [-0.39, 0.29) is 29.1 Å². The fourth-order valence-electron chi connectivity index (χ4n) is 3.97. The van der Waals surface area contributed by atoms with Gasteiger partial charge in [0.2, 0.25) is 5.91 Å². The summed E-state index contributed by atoms with van der Waals surface area (Å²) in [6.45, 7) is 5.32. The van der Waals surface area contributed by atoms with E-state index < -0.39 is 0 Å². The van der Waals surface area contributed by atoms with Crippen molar-refractivity contribution in [3.8, 4) is 0 Å². The maximum absolute atomic E-state index is 13.2. The summed E-state index contributed by atoms with van der Waals surface area (Å²) in [5.41, 5.74) is 6.59. The molecule has 1 aromatic rings. The largest absolute Gasteiger partial charge is 0.355 e. The molecule has 2 aliphatic rings. The highest BCUT2D eigenvalue weighted by Crippen LogP contribution is 2.47. The summed E-state index contributed by atoms with van der Waals surface area (Å²) in [4.78, 5) is 14.8. The molecule has 0 radical (unpaired) electrons. The topological polar surface area (TPSA) is 58.4 Å². The van der Waals surface area contributed by atoms with Crippen LogP contribution in [0.5, 0.6) is 0 Å². The Kier molecular flexibility index (Phi) is 4.19. The average Bonchev–Trinajstić information content (AvgIpc) is 2.79. The van der Waals surface area contributed by atoms with Crippen LogP contribution in [0.4, 0.5) is 4.39 Å². The molecule has 3 rings (SSSR count). The second-order valence-electron chi connectivity index (χ2n) is 6.75. The van der Waals surface area contributed by atoms with Crippen LogP contribution in [0.15, 0.2) is 24.3 Å². The standard InChI is InChI=1S/C17H24FN3O/c1-12(19)11-21-8-6-17(7-9-21)15(10-20-16(17)22)13-2-4-14(18)5-3-13/h2-5,12,15H,6-11,19H2,1H3,(H,20,22). The van der Waals surface area contributed by atoms with Crippen molar-refractivity contribution in [1.29, 1.82) is 0 Å². The molecular formula is C17H24FN3O. The first-order valence-corrected chi connectivity index (χ1v) is 8.03. The molecule has 4 nitrogen and oxygen atoms in total. The van der Waals surface area contributed by atoms with E-state index in [0.717, 1.165) is 38.0 Å². The second-order valence-corrected chi connectivity index (χ2v) is 6.75. The van der Waals surface area contributed by atoms with Crippen molar-refractivity contribution in [1.82, 2.24) is 10.2 Å². The lowest BCUT2D eigenvalue weighted by Crippen LogP contribution is -2.48. The lowest BCUT2D eigenvalue weighted by molar-refractivity contribution is -0.130. The number of hydrogen-bond acceptors (Lipinski definition) is 3. The molecule has 0 bridgehead atoms. The number of nitrogens with two attached hydrogens (primary N) is 1. The predicted molar refractivity (Wildman–Crippen MR) is 83.9 cm³/mol. The molecule has 3 N–H and O–H groups in total. The Morgan fingerprint density at radius 2 is 2.00 bits per heavy atom. The van der Waals surface area contributed by atoms with E-state index in [1.165, 1.54) is 12.1 Å². The van der Waals surface area contributed by atoms with Crippen LogP contribution in [0.3, 0.4) is 0 Å². The van der Waals surface area contributed by atoms with Crippen molar-refractivity contribution >= 4 is 5.91 Å². The lowest BCUT2D eigenvalue weighted by Gasteiger charge is -2.41. The quantitative estimate of drug-likeness (QED) is 0.889. The third kappa shape index (κ3) is 2.75. The molecule has 2 saturated heterocycles. The number of hydrogen-bond donors (Lipinski definition) is 2. The van der Waals surface area contributed by atoms with Crippen LogP contribution in [0.25, 0.3) is 0 Å². The van der Waals surface area contributed by atoms with Crippen molar-refractivity contribution in [3.05, 3.63) is 35.6 Å². The third-order valence-electron chi connectivity index (χ3n) is 5.15. The number of carbonyl (C=O) groups is 1. The molecule has 0 aliphatic carbocycles. The molecule has 2 aliphatic heterocycles. The second kappa shape index (κ2) is 5.97. The average molecular weight is 305 g/mol. The first kappa shape index (κ1) is 15.4. The number of amides is 1. The zero-order valence-corrected chi connectivity index (χ0v) is 13.0. The Labute approximate surface area is 130 Å². The Morgan fingerprint density at radius 3 is 2.59 bits per heavy atom. The van der Waals surface area contributed by atoms with Gasteiger partial charge in [-0.1, -0.05) is 12.1 Å². The van der Waals surface area contributed by atoms with E-state index in [4.69, 9.17) is 5.73 Å². The third-order valence-corrected chi connectivity index (χ3v) is 5.15. The number of piperidine rings is 1. The van der Waals surface area contributed by atoms with Crippen molar-refractivity contribution < 1.29 is 9.18 Å². The van der Waals surface area contributed by atoms with Crippen LogP contribution in [0.2, 0.25) is 0 Å². The minimum atomic E-state index is -0.341. The smallest absolute Gasteiger partial charge is 0.227 e. The molecule has 2 unspecified atom stereocenters. The summed E-state index contributed by atoms with van der Waals surface area (Å²) in [5.74, 6) is 0.0576. The summed E-state index contributed by atoms with van der Waals surface area (Å²) in [6, 6.07) is 6.75. The molecule has 5 heteroatoms. The fraction of sp³-hybridized carbons (Fsp3) is 0.588. The van der Waals surface area contributed by atoms with Gasteiger partial charge in [0.15, 0.2) is 0 Å². The normalized spacial score (nSPS) is 26.1. The Morgan fingerprint density at radius 1 is 1.36 bits per heavy atom. The number of likely N-dealkylation sites (tertiary alicyclic amines) is 1. The summed E-state index contributed by atoms with van der Waals surface area (Å²) < 4.78 is 13.2. The van der Waals surface area contributed by atoms with Crippen LogP contribution in [0, 0.1) is 11.2 Å². The van der Waals surface area contributed by atoms with Gasteiger partial charge >= 0.3 is 0 Å². The van der Waals surface area contributed by atoms with E-state index in [0.29, 0.717) is 6.54 Å². The molecule has 22 heavy (non-hydrogen) atoms. The summed E-state index contributed by atoms with van der Waals surface area (Å²) in [7, 11) is 0. The number of nitrogens with zero attached hydrogens (tertiary/aromatic N) is 1. The molecule has 120 valence electrons. The van der Waals surface area contributed by atoms with Crippen LogP contribution >= 0.6 is 0 Å². The van der Waals surface area contributed by atoms with Crippen LogP contribution in [-0.4, -0.2) is 43.0 Å².